The molecule has 0 fully saturated rings. The fourth-order valence-electron chi connectivity index (χ4n) is 0.524. The fourth-order valence-corrected chi connectivity index (χ4v) is 1.57. The summed E-state index contributed by atoms with van der Waals surface area (Å²) in [6, 6.07) is 0.402. The summed E-state index contributed by atoms with van der Waals surface area (Å²) in [6.45, 7) is 6.62. The zero-order chi connectivity index (χ0) is 7.98. The first kappa shape index (κ1) is 10.3. The highest BCUT2D eigenvalue weighted by Gasteiger charge is 2.02. The molecule has 0 aromatic carbocycles. The molecule has 0 spiro atoms. The average Bonchev–Trinajstić information content (AvgIpc) is 1.99. The van der Waals surface area contributed by atoms with Gasteiger partial charge in [0, 0.05) is 17.0 Å². The van der Waals surface area contributed by atoms with Crippen LogP contribution >= 0.6 is 11.8 Å². The monoisotopic (exact) mass is 161 g/mol. The van der Waals surface area contributed by atoms with Gasteiger partial charge in [-0.1, -0.05) is 20.8 Å². The van der Waals surface area contributed by atoms with Gasteiger partial charge in [-0.3, -0.25) is 0 Å². The molecule has 0 amide bonds. The van der Waals surface area contributed by atoms with Gasteiger partial charge >= 0.3 is 0 Å². The Morgan fingerprint density at radius 1 is 1.30 bits per heavy atom. The van der Waals surface area contributed by atoms with Crippen molar-refractivity contribution in [3.63, 3.8) is 0 Å². The molecule has 0 saturated carbocycles. The Hall–Kier alpha value is 0.310. The summed E-state index contributed by atoms with van der Waals surface area (Å²) in [6.07, 6.45) is 2.35. The molecular weight excluding hydrogens is 142 g/mol. The van der Waals surface area contributed by atoms with Crippen LogP contribution in [-0.4, -0.2) is 17.0 Å². The van der Waals surface area contributed by atoms with E-state index in [2.05, 4.69) is 20.8 Å². The lowest BCUT2D eigenvalue weighted by Crippen LogP contribution is -2.22. The summed E-state index contributed by atoms with van der Waals surface area (Å²) < 4.78 is 0. The summed E-state index contributed by atoms with van der Waals surface area (Å²) in [5.41, 5.74) is 5.76. The maximum absolute atomic E-state index is 5.76. The molecule has 10 heavy (non-hydrogen) atoms. The van der Waals surface area contributed by atoms with Crippen molar-refractivity contribution >= 4 is 11.8 Å². The normalized spacial score (nSPS) is 16.8. The van der Waals surface area contributed by atoms with Crippen molar-refractivity contribution in [3.8, 4) is 0 Å². The molecule has 1 unspecified atom stereocenters. The van der Waals surface area contributed by atoms with Crippen LogP contribution in [0.25, 0.3) is 0 Å². The molecule has 62 valence electrons. The molecule has 2 N–H and O–H groups in total. The largest absolute Gasteiger partial charge is 0.327 e. The SMILES string of the molecule is CCC(C)SC[C@H](N)CC. The summed E-state index contributed by atoms with van der Waals surface area (Å²) in [5, 5.41) is 0.776. The van der Waals surface area contributed by atoms with Gasteiger partial charge < -0.3 is 5.73 Å². The zero-order valence-corrected chi connectivity index (χ0v) is 8.08. The van der Waals surface area contributed by atoms with E-state index in [-0.39, 0.29) is 0 Å². The maximum atomic E-state index is 5.76. The smallest absolute Gasteiger partial charge is 0.0127 e. The molecule has 0 aliphatic rings. The van der Waals surface area contributed by atoms with Crippen LogP contribution in [0, 0.1) is 0 Å². The summed E-state index contributed by atoms with van der Waals surface area (Å²) in [5.74, 6) is 1.12. The van der Waals surface area contributed by atoms with Crippen LogP contribution in [0.2, 0.25) is 0 Å². The zero-order valence-electron chi connectivity index (χ0n) is 7.26. The van der Waals surface area contributed by atoms with E-state index in [1.165, 1.54) is 6.42 Å². The van der Waals surface area contributed by atoms with Crippen LogP contribution in [0.4, 0.5) is 0 Å². The molecule has 0 bridgehead atoms. The van der Waals surface area contributed by atoms with Crippen molar-refractivity contribution in [2.24, 2.45) is 5.73 Å². The average molecular weight is 161 g/mol. The van der Waals surface area contributed by atoms with Gasteiger partial charge in [0.1, 0.15) is 0 Å². The van der Waals surface area contributed by atoms with E-state index in [4.69, 9.17) is 5.73 Å². The Morgan fingerprint density at radius 3 is 2.30 bits per heavy atom. The molecule has 0 aromatic heterocycles. The lowest BCUT2D eigenvalue weighted by molar-refractivity contribution is 0.722. The van der Waals surface area contributed by atoms with E-state index < -0.39 is 0 Å². The van der Waals surface area contributed by atoms with Crippen molar-refractivity contribution in [1.29, 1.82) is 0 Å². The molecule has 2 heteroatoms. The fraction of sp³-hybridized carbons (Fsp3) is 1.00. The quantitative estimate of drug-likeness (QED) is 0.669. The van der Waals surface area contributed by atoms with Crippen molar-refractivity contribution in [1.82, 2.24) is 0 Å². The highest BCUT2D eigenvalue weighted by molar-refractivity contribution is 7.99. The van der Waals surface area contributed by atoms with E-state index >= 15 is 0 Å². The number of nitrogens with two attached hydrogens (primary N) is 1. The third-order valence-electron chi connectivity index (χ3n) is 1.69. The molecule has 0 rings (SSSR count). The van der Waals surface area contributed by atoms with Gasteiger partial charge in [-0.15, -0.1) is 0 Å². The number of hydrogen-bond acceptors (Lipinski definition) is 2. The van der Waals surface area contributed by atoms with Gasteiger partial charge in [0.25, 0.3) is 0 Å². The second kappa shape index (κ2) is 6.05. The second-order valence-corrected chi connectivity index (χ2v) is 4.19. The molecule has 2 atom stereocenters. The van der Waals surface area contributed by atoms with E-state index in [1.807, 2.05) is 11.8 Å². The third-order valence-corrected chi connectivity index (χ3v) is 3.22. The first-order chi connectivity index (χ1) is 4.70. The Bertz CT molecular complexity index is 65.7. The van der Waals surface area contributed by atoms with Crippen LogP contribution in [0.3, 0.4) is 0 Å². The van der Waals surface area contributed by atoms with Crippen LogP contribution < -0.4 is 5.73 Å². The van der Waals surface area contributed by atoms with Gasteiger partial charge in [-0.25, -0.2) is 0 Å². The molecule has 0 aromatic rings. The Labute approximate surface area is 68.8 Å². The van der Waals surface area contributed by atoms with Crippen molar-refractivity contribution in [2.75, 3.05) is 5.75 Å². The molecule has 0 radical (unpaired) electrons. The standard InChI is InChI=1S/C8H19NS/c1-4-7(3)10-6-8(9)5-2/h7-8H,4-6,9H2,1-3H3/t7?,8-/m1/s1. The highest BCUT2D eigenvalue weighted by Crippen LogP contribution is 2.14. The lowest BCUT2D eigenvalue weighted by atomic mass is 10.3. The Morgan fingerprint density at radius 2 is 1.90 bits per heavy atom. The van der Waals surface area contributed by atoms with Gasteiger partial charge in [0.2, 0.25) is 0 Å². The maximum Gasteiger partial charge on any atom is 0.0127 e. The number of rotatable bonds is 5. The van der Waals surface area contributed by atoms with Crippen LogP contribution in [-0.2, 0) is 0 Å². The number of hydrogen-bond donors (Lipinski definition) is 1. The van der Waals surface area contributed by atoms with Gasteiger partial charge in [0.15, 0.2) is 0 Å². The van der Waals surface area contributed by atoms with E-state index in [0.29, 0.717) is 6.04 Å². The Balaban J connectivity index is 3.17. The molecule has 0 aliphatic carbocycles. The lowest BCUT2D eigenvalue weighted by Gasteiger charge is -2.11. The molecular formula is C8H19NS. The molecule has 0 saturated heterocycles. The molecule has 0 aliphatic heterocycles. The van der Waals surface area contributed by atoms with Crippen molar-refractivity contribution < 1.29 is 0 Å². The van der Waals surface area contributed by atoms with Crippen molar-refractivity contribution in [3.05, 3.63) is 0 Å². The van der Waals surface area contributed by atoms with Gasteiger partial charge in [0.05, 0.1) is 0 Å². The summed E-state index contributed by atoms with van der Waals surface area (Å²) in [4.78, 5) is 0. The minimum absolute atomic E-state index is 0.402. The first-order valence-corrected chi connectivity index (χ1v) is 5.12. The third kappa shape index (κ3) is 5.12. The van der Waals surface area contributed by atoms with Crippen LogP contribution in [0.5, 0.6) is 0 Å². The van der Waals surface area contributed by atoms with E-state index in [1.54, 1.807) is 0 Å². The van der Waals surface area contributed by atoms with Crippen molar-refractivity contribution in [2.45, 2.75) is 44.9 Å². The van der Waals surface area contributed by atoms with Gasteiger partial charge in [-0.05, 0) is 12.8 Å². The van der Waals surface area contributed by atoms with E-state index in [9.17, 15) is 0 Å². The minimum atomic E-state index is 0.402. The summed E-state index contributed by atoms with van der Waals surface area (Å²) in [7, 11) is 0. The predicted molar refractivity (Wildman–Crippen MR) is 50.5 cm³/mol. The molecule has 0 heterocycles. The molecule has 1 nitrogen and oxygen atoms in total. The second-order valence-electron chi connectivity index (χ2n) is 2.72. The predicted octanol–water partition coefficient (Wildman–Crippen LogP) is 2.26. The topological polar surface area (TPSA) is 26.0 Å². The van der Waals surface area contributed by atoms with E-state index in [0.717, 1.165) is 17.4 Å². The highest BCUT2D eigenvalue weighted by atomic mass is 32.2. The summed E-state index contributed by atoms with van der Waals surface area (Å²) >= 11 is 1.98. The number of thioether (sulfide) groups is 1. The minimum Gasteiger partial charge on any atom is -0.327 e. The van der Waals surface area contributed by atoms with Crippen LogP contribution in [0.1, 0.15) is 33.6 Å². The van der Waals surface area contributed by atoms with Gasteiger partial charge in [-0.2, -0.15) is 11.8 Å². The van der Waals surface area contributed by atoms with Crippen LogP contribution in [0.15, 0.2) is 0 Å². The first-order valence-electron chi connectivity index (χ1n) is 4.07. The Kier molecular flexibility index (Phi) is 6.24.